The Balaban J connectivity index is 1.92. The number of hydrogen-bond acceptors (Lipinski definition) is 4. The summed E-state index contributed by atoms with van der Waals surface area (Å²) in [5.74, 6) is 0.223. The molecule has 1 amide bonds. The van der Waals surface area contributed by atoms with Gasteiger partial charge in [0.1, 0.15) is 5.75 Å². The molecule has 0 saturated heterocycles. The van der Waals surface area contributed by atoms with Gasteiger partial charge in [-0.2, -0.15) is 4.31 Å². The second-order valence-electron chi connectivity index (χ2n) is 7.37. The summed E-state index contributed by atoms with van der Waals surface area (Å²) >= 11 is 6.09. The zero-order valence-electron chi connectivity index (χ0n) is 18.2. The minimum absolute atomic E-state index is 0.00839. The maximum atomic E-state index is 13.4. The SMILES string of the molecule is COc1cccc(N(C)C(=O)CN(Cc2cccc(Cl)c2)S(=O)(=O)c2ccc(C)cc2)c1. The van der Waals surface area contributed by atoms with E-state index in [1.807, 2.05) is 6.92 Å². The predicted molar refractivity (Wildman–Crippen MR) is 127 cm³/mol. The molecule has 0 atom stereocenters. The van der Waals surface area contributed by atoms with Gasteiger partial charge in [-0.05, 0) is 48.9 Å². The quantitative estimate of drug-likeness (QED) is 0.483. The molecule has 0 heterocycles. The molecular formula is C24H25ClN2O4S. The van der Waals surface area contributed by atoms with Crippen molar-refractivity contribution in [3.63, 3.8) is 0 Å². The minimum Gasteiger partial charge on any atom is -0.497 e. The van der Waals surface area contributed by atoms with Crippen LogP contribution in [0.25, 0.3) is 0 Å². The molecule has 8 heteroatoms. The molecule has 6 nitrogen and oxygen atoms in total. The second-order valence-corrected chi connectivity index (χ2v) is 9.74. The standard InChI is InChI=1S/C24H25ClN2O4S/c1-18-10-12-23(13-11-18)32(29,30)27(16-19-6-4-7-20(25)14-19)17-24(28)26(2)21-8-5-9-22(15-21)31-3/h4-15H,16-17H2,1-3H3. The van der Waals surface area contributed by atoms with Crippen molar-refractivity contribution < 1.29 is 17.9 Å². The molecule has 0 fully saturated rings. The molecule has 0 aliphatic heterocycles. The summed E-state index contributed by atoms with van der Waals surface area (Å²) in [5.41, 5.74) is 2.23. The fourth-order valence-corrected chi connectivity index (χ4v) is 4.73. The van der Waals surface area contributed by atoms with Gasteiger partial charge in [0.05, 0.1) is 18.6 Å². The van der Waals surface area contributed by atoms with Crippen LogP contribution in [0.5, 0.6) is 5.75 Å². The molecule has 0 aliphatic carbocycles. The van der Waals surface area contributed by atoms with E-state index in [4.69, 9.17) is 16.3 Å². The largest absolute Gasteiger partial charge is 0.497 e. The topological polar surface area (TPSA) is 66.9 Å². The van der Waals surface area contributed by atoms with Crippen LogP contribution in [-0.4, -0.2) is 39.3 Å². The van der Waals surface area contributed by atoms with Crippen molar-refractivity contribution >= 4 is 33.2 Å². The fraction of sp³-hybridized carbons (Fsp3) is 0.208. The lowest BCUT2D eigenvalue weighted by Crippen LogP contribution is -2.41. The lowest BCUT2D eigenvalue weighted by molar-refractivity contribution is -0.118. The monoisotopic (exact) mass is 472 g/mol. The van der Waals surface area contributed by atoms with Gasteiger partial charge in [-0.15, -0.1) is 0 Å². The van der Waals surface area contributed by atoms with Crippen molar-refractivity contribution in [1.82, 2.24) is 4.31 Å². The molecule has 3 aromatic rings. The smallest absolute Gasteiger partial charge is 0.243 e. The Labute approximate surface area is 194 Å². The number of nitrogens with zero attached hydrogens (tertiary/aromatic N) is 2. The fourth-order valence-electron chi connectivity index (χ4n) is 3.14. The maximum Gasteiger partial charge on any atom is 0.243 e. The van der Waals surface area contributed by atoms with Gasteiger partial charge in [0, 0.05) is 30.4 Å². The minimum atomic E-state index is -3.93. The molecule has 0 unspecified atom stereocenters. The van der Waals surface area contributed by atoms with E-state index >= 15 is 0 Å². The number of methoxy groups -OCH3 is 1. The van der Waals surface area contributed by atoms with Crippen LogP contribution >= 0.6 is 11.6 Å². The summed E-state index contributed by atoms with van der Waals surface area (Å²) in [6.45, 7) is 1.55. The van der Waals surface area contributed by atoms with Crippen molar-refractivity contribution in [1.29, 1.82) is 0 Å². The molecule has 0 aromatic heterocycles. The van der Waals surface area contributed by atoms with Gasteiger partial charge in [-0.3, -0.25) is 4.79 Å². The number of aryl methyl sites for hydroxylation is 1. The van der Waals surface area contributed by atoms with E-state index in [0.717, 1.165) is 5.56 Å². The van der Waals surface area contributed by atoms with Crippen LogP contribution in [0.15, 0.2) is 77.7 Å². The van der Waals surface area contributed by atoms with Crippen molar-refractivity contribution in [2.45, 2.75) is 18.4 Å². The van der Waals surface area contributed by atoms with Gasteiger partial charge in [-0.25, -0.2) is 8.42 Å². The Bertz CT molecular complexity index is 1200. The predicted octanol–water partition coefficient (Wildman–Crippen LogP) is 4.51. The van der Waals surface area contributed by atoms with Gasteiger partial charge >= 0.3 is 0 Å². The third-order valence-corrected chi connectivity index (χ3v) is 7.07. The number of hydrogen-bond donors (Lipinski definition) is 0. The Hall–Kier alpha value is -2.87. The number of anilines is 1. The number of benzene rings is 3. The average molecular weight is 473 g/mol. The first kappa shape index (κ1) is 23.8. The Kier molecular flexibility index (Phi) is 7.56. The van der Waals surface area contributed by atoms with E-state index in [1.165, 1.54) is 9.21 Å². The zero-order chi connectivity index (χ0) is 23.3. The van der Waals surface area contributed by atoms with Gasteiger partial charge < -0.3 is 9.64 Å². The van der Waals surface area contributed by atoms with Crippen molar-refractivity contribution in [2.75, 3.05) is 25.6 Å². The van der Waals surface area contributed by atoms with Gasteiger partial charge in [0.25, 0.3) is 0 Å². The molecule has 3 aromatic carbocycles. The molecule has 3 rings (SSSR count). The molecule has 0 saturated carbocycles. The van der Waals surface area contributed by atoms with Gasteiger partial charge in [0.15, 0.2) is 0 Å². The molecule has 0 radical (unpaired) electrons. The molecule has 0 aliphatic rings. The highest BCUT2D eigenvalue weighted by atomic mass is 35.5. The van der Waals surface area contributed by atoms with Crippen LogP contribution in [0.1, 0.15) is 11.1 Å². The first-order chi connectivity index (χ1) is 15.2. The third kappa shape index (κ3) is 5.68. The van der Waals surface area contributed by atoms with Gasteiger partial charge in [-0.1, -0.05) is 47.5 Å². The number of likely N-dealkylation sites (N-methyl/N-ethyl adjacent to an activating group) is 1. The Morgan fingerprint density at radius 2 is 1.69 bits per heavy atom. The van der Waals surface area contributed by atoms with Crippen LogP contribution in [0.2, 0.25) is 5.02 Å². The normalized spacial score (nSPS) is 11.4. The highest BCUT2D eigenvalue weighted by molar-refractivity contribution is 7.89. The van der Waals surface area contributed by atoms with Crippen molar-refractivity contribution in [3.8, 4) is 5.75 Å². The van der Waals surface area contributed by atoms with E-state index < -0.39 is 10.0 Å². The van der Waals surface area contributed by atoms with E-state index in [9.17, 15) is 13.2 Å². The molecule has 0 N–H and O–H groups in total. The third-order valence-electron chi connectivity index (χ3n) is 5.03. The highest BCUT2D eigenvalue weighted by Gasteiger charge is 2.28. The van der Waals surface area contributed by atoms with Crippen molar-refractivity contribution in [2.24, 2.45) is 0 Å². The van der Waals surface area contributed by atoms with E-state index in [0.29, 0.717) is 22.0 Å². The summed E-state index contributed by atoms with van der Waals surface area (Å²) in [6, 6.07) is 20.5. The highest BCUT2D eigenvalue weighted by Crippen LogP contribution is 2.23. The van der Waals surface area contributed by atoms with Crippen LogP contribution in [0.3, 0.4) is 0 Å². The number of carbonyl (C=O) groups is 1. The second kappa shape index (κ2) is 10.2. The number of rotatable bonds is 8. The average Bonchev–Trinajstić information content (AvgIpc) is 2.78. The van der Waals surface area contributed by atoms with Crippen LogP contribution < -0.4 is 9.64 Å². The first-order valence-corrected chi connectivity index (χ1v) is 11.7. The number of sulfonamides is 1. The number of carbonyl (C=O) groups excluding carboxylic acids is 1. The zero-order valence-corrected chi connectivity index (χ0v) is 19.7. The van der Waals surface area contributed by atoms with Crippen LogP contribution in [-0.2, 0) is 21.4 Å². The lowest BCUT2D eigenvalue weighted by Gasteiger charge is -2.25. The maximum absolute atomic E-state index is 13.4. The van der Waals surface area contributed by atoms with E-state index in [-0.39, 0.29) is 23.9 Å². The summed E-state index contributed by atoms with van der Waals surface area (Å²) in [5, 5.41) is 0.495. The molecular weight excluding hydrogens is 448 g/mol. The van der Waals surface area contributed by atoms with Gasteiger partial charge in [0.2, 0.25) is 15.9 Å². The molecule has 0 bridgehead atoms. The first-order valence-electron chi connectivity index (χ1n) is 9.92. The van der Waals surface area contributed by atoms with E-state index in [1.54, 1.807) is 87.0 Å². The molecule has 32 heavy (non-hydrogen) atoms. The molecule has 0 spiro atoms. The van der Waals surface area contributed by atoms with Crippen LogP contribution in [0, 0.1) is 6.92 Å². The lowest BCUT2D eigenvalue weighted by atomic mass is 10.2. The van der Waals surface area contributed by atoms with Crippen molar-refractivity contribution in [3.05, 3.63) is 88.9 Å². The number of halogens is 1. The summed E-state index contributed by atoms with van der Waals surface area (Å²) in [6.07, 6.45) is 0. The molecule has 168 valence electrons. The summed E-state index contributed by atoms with van der Waals surface area (Å²) in [7, 11) is -0.787. The summed E-state index contributed by atoms with van der Waals surface area (Å²) in [4.78, 5) is 14.6. The number of amides is 1. The Morgan fingerprint density at radius 1 is 1.00 bits per heavy atom. The summed E-state index contributed by atoms with van der Waals surface area (Å²) < 4.78 is 33.3. The number of ether oxygens (including phenoxy) is 1. The van der Waals surface area contributed by atoms with Crippen LogP contribution in [0.4, 0.5) is 5.69 Å². The van der Waals surface area contributed by atoms with E-state index in [2.05, 4.69) is 0 Å². The Morgan fingerprint density at radius 3 is 2.34 bits per heavy atom.